The number of nitrogens with one attached hydrogen (secondary N) is 1. The van der Waals surface area contributed by atoms with Crippen LogP contribution in [0.3, 0.4) is 0 Å². The zero-order valence-corrected chi connectivity index (χ0v) is 18.6. The third-order valence-electron chi connectivity index (χ3n) is 6.62. The molecular formula is C25H26F2N2O5. The Balaban J connectivity index is 1.39. The molecule has 2 amide bonds. The lowest BCUT2D eigenvalue weighted by Crippen LogP contribution is -2.48. The van der Waals surface area contributed by atoms with Crippen LogP contribution in [0.15, 0.2) is 48.5 Å². The zero-order chi connectivity index (χ0) is 24.4. The average molecular weight is 472 g/mol. The van der Waals surface area contributed by atoms with Gasteiger partial charge in [-0.15, -0.1) is 0 Å². The van der Waals surface area contributed by atoms with Crippen LogP contribution in [0.4, 0.5) is 13.6 Å². The molecule has 1 aliphatic heterocycles. The highest BCUT2D eigenvalue weighted by Gasteiger charge is 2.41. The first-order valence-corrected chi connectivity index (χ1v) is 11.2. The summed E-state index contributed by atoms with van der Waals surface area (Å²) in [6.07, 6.45) is -4.31. The van der Waals surface area contributed by atoms with Gasteiger partial charge in [-0.1, -0.05) is 55.5 Å². The maximum absolute atomic E-state index is 13.6. The van der Waals surface area contributed by atoms with E-state index in [0.717, 1.165) is 27.2 Å². The number of aliphatic carboxylic acids is 1. The Kier molecular flexibility index (Phi) is 6.81. The van der Waals surface area contributed by atoms with E-state index in [1.807, 2.05) is 48.5 Å². The van der Waals surface area contributed by atoms with Gasteiger partial charge >= 0.3 is 12.1 Å². The fourth-order valence-corrected chi connectivity index (χ4v) is 4.90. The Labute approximate surface area is 195 Å². The molecule has 2 aromatic carbocycles. The number of carboxylic acids is 1. The summed E-state index contributed by atoms with van der Waals surface area (Å²) < 4.78 is 32.5. The maximum Gasteiger partial charge on any atom is 0.407 e. The normalized spacial score (nSPS) is 20.1. The topological polar surface area (TPSA) is 95.9 Å². The number of nitrogens with zero attached hydrogens (tertiary/aromatic N) is 1. The first-order valence-electron chi connectivity index (χ1n) is 11.2. The highest BCUT2D eigenvalue weighted by Crippen LogP contribution is 2.44. The van der Waals surface area contributed by atoms with Crippen molar-refractivity contribution in [1.82, 2.24) is 10.2 Å². The molecular weight excluding hydrogens is 446 g/mol. The number of rotatable bonds is 7. The van der Waals surface area contributed by atoms with Crippen molar-refractivity contribution in [2.45, 2.75) is 44.2 Å². The number of carbonyl (C=O) groups is 3. The minimum atomic E-state index is -3.02. The highest BCUT2D eigenvalue weighted by molar-refractivity contribution is 5.85. The SMILES string of the molecule is CC1CCN(C(=O)CC(NC(=O)OCC2c3ccccc3-c3ccccc32)C(F)F)C1C(=O)O. The second-order valence-electron chi connectivity index (χ2n) is 8.75. The molecule has 2 aliphatic rings. The lowest BCUT2D eigenvalue weighted by Gasteiger charge is -2.26. The van der Waals surface area contributed by atoms with Crippen LogP contribution < -0.4 is 5.32 Å². The number of likely N-dealkylation sites (tertiary alicyclic amines) is 1. The van der Waals surface area contributed by atoms with Crippen LogP contribution >= 0.6 is 0 Å². The lowest BCUT2D eigenvalue weighted by atomic mass is 9.98. The van der Waals surface area contributed by atoms with Crippen LogP contribution in [0.5, 0.6) is 0 Å². The molecule has 4 rings (SSSR count). The lowest BCUT2D eigenvalue weighted by molar-refractivity contribution is -0.149. The molecule has 1 saturated heterocycles. The number of halogens is 2. The first-order chi connectivity index (χ1) is 16.3. The van der Waals surface area contributed by atoms with E-state index in [-0.39, 0.29) is 25.0 Å². The summed E-state index contributed by atoms with van der Waals surface area (Å²) in [4.78, 5) is 37.5. The minimum absolute atomic E-state index is 0.0471. The Hall–Kier alpha value is -3.49. The average Bonchev–Trinajstić information content (AvgIpc) is 3.35. The molecule has 1 fully saturated rings. The smallest absolute Gasteiger partial charge is 0.407 e. The fourth-order valence-electron chi connectivity index (χ4n) is 4.90. The summed E-state index contributed by atoms with van der Waals surface area (Å²) in [5.74, 6) is -2.41. The van der Waals surface area contributed by atoms with Crippen LogP contribution in [-0.2, 0) is 14.3 Å². The van der Waals surface area contributed by atoms with Gasteiger partial charge in [-0.05, 0) is 34.6 Å². The second kappa shape index (κ2) is 9.79. The summed E-state index contributed by atoms with van der Waals surface area (Å²) in [5.41, 5.74) is 4.05. The number of carboxylic acid groups (broad SMARTS) is 1. The maximum atomic E-state index is 13.6. The third kappa shape index (κ3) is 4.60. The Morgan fingerprint density at radius 1 is 1.09 bits per heavy atom. The van der Waals surface area contributed by atoms with Crippen LogP contribution in [-0.4, -0.2) is 59.6 Å². The Morgan fingerprint density at radius 2 is 1.68 bits per heavy atom. The number of alkyl halides is 2. The van der Waals surface area contributed by atoms with E-state index in [1.165, 1.54) is 0 Å². The van der Waals surface area contributed by atoms with Crippen molar-refractivity contribution in [3.63, 3.8) is 0 Å². The number of carbonyl (C=O) groups excluding carboxylic acids is 2. The molecule has 1 heterocycles. The van der Waals surface area contributed by atoms with Gasteiger partial charge in [-0.3, -0.25) is 4.79 Å². The molecule has 9 heteroatoms. The van der Waals surface area contributed by atoms with E-state index in [2.05, 4.69) is 5.32 Å². The van der Waals surface area contributed by atoms with E-state index < -0.39 is 42.9 Å². The van der Waals surface area contributed by atoms with Crippen molar-refractivity contribution >= 4 is 18.0 Å². The Bertz CT molecular complexity index is 1050. The molecule has 1 aliphatic carbocycles. The number of ether oxygens (including phenoxy) is 1. The number of fused-ring (bicyclic) bond motifs is 3. The first kappa shape index (κ1) is 23.7. The van der Waals surface area contributed by atoms with Gasteiger partial charge < -0.3 is 20.1 Å². The number of hydrogen-bond donors (Lipinski definition) is 2. The standard InChI is InChI=1S/C25H26F2N2O5/c1-14-10-11-29(22(14)24(31)32)21(30)12-20(23(26)27)28-25(33)34-13-19-17-8-4-2-6-15(17)16-7-3-5-9-18(16)19/h2-9,14,19-20,22-23H,10-13H2,1H3,(H,28,33)(H,31,32). The fraction of sp³-hybridized carbons (Fsp3) is 0.400. The van der Waals surface area contributed by atoms with Gasteiger partial charge in [0.25, 0.3) is 6.43 Å². The molecule has 0 aromatic heterocycles. The summed E-state index contributed by atoms with van der Waals surface area (Å²) in [6, 6.07) is 12.6. The van der Waals surface area contributed by atoms with E-state index in [1.54, 1.807) is 6.92 Å². The van der Waals surface area contributed by atoms with Crippen molar-refractivity contribution in [2.24, 2.45) is 5.92 Å². The van der Waals surface area contributed by atoms with Crippen LogP contribution in [0.2, 0.25) is 0 Å². The summed E-state index contributed by atoms with van der Waals surface area (Å²) in [7, 11) is 0. The molecule has 0 saturated carbocycles. The molecule has 2 N–H and O–H groups in total. The van der Waals surface area contributed by atoms with Gasteiger partial charge in [0.15, 0.2) is 0 Å². The predicted octanol–water partition coefficient (Wildman–Crippen LogP) is 3.87. The summed E-state index contributed by atoms with van der Waals surface area (Å²) in [6.45, 7) is 1.83. The number of alkyl carbamates (subject to hydrolysis) is 1. The summed E-state index contributed by atoms with van der Waals surface area (Å²) in [5, 5.41) is 11.5. The minimum Gasteiger partial charge on any atom is -0.480 e. The van der Waals surface area contributed by atoms with E-state index in [4.69, 9.17) is 4.74 Å². The molecule has 180 valence electrons. The van der Waals surface area contributed by atoms with E-state index in [9.17, 15) is 28.3 Å². The van der Waals surface area contributed by atoms with Crippen LogP contribution in [0, 0.1) is 5.92 Å². The largest absolute Gasteiger partial charge is 0.480 e. The molecule has 0 bridgehead atoms. The monoisotopic (exact) mass is 472 g/mol. The van der Waals surface area contributed by atoms with Crippen molar-refractivity contribution < 1.29 is 33.0 Å². The number of hydrogen-bond acceptors (Lipinski definition) is 4. The molecule has 0 radical (unpaired) electrons. The molecule has 0 spiro atoms. The van der Waals surface area contributed by atoms with Gasteiger partial charge in [0.1, 0.15) is 18.7 Å². The van der Waals surface area contributed by atoms with Crippen molar-refractivity contribution in [2.75, 3.05) is 13.2 Å². The van der Waals surface area contributed by atoms with Gasteiger partial charge in [-0.25, -0.2) is 18.4 Å². The van der Waals surface area contributed by atoms with Crippen LogP contribution in [0.1, 0.15) is 36.8 Å². The van der Waals surface area contributed by atoms with Crippen molar-refractivity contribution in [1.29, 1.82) is 0 Å². The van der Waals surface area contributed by atoms with Crippen LogP contribution in [0.25, 0.3) is 11.1 Å². The summed E-state index contributed by atoms with van der Waals surface area (Å²) >= 11 is 0. The molecule has 34 heavy (non-hydrogen) atoms. The Morgan fingerprint density at radius 3 is 2.24 bits per heavy atom. The quantitative estimate of drug-likeness (QED) is 0.638. The number of amides is 2. The van der Waals surface area contributed by atoms with E-state index >= 15 is 0 Å². The third-order valence-corrected chi connectivity index (χ3v) is 6.62. The van der Waals surface area contributed by atoms with Gasteiger partial charge in [0.05, 0.1) is 6.42 Å². The highest BCUT2D eigenvalue weighted by atomic mass is 19.3. The predicted molar refractivity (Wildman–Crippen MR) is 120 cm³/mol. The zero-order valence-electron chi connectivity index (χ0n) is 18.6. The molecule has 3 unspecified atom stereocenters. The van der Waals surface area contributed by atoms with Gasteiger partial charge in [0.2, 0.25) is 5.91 Å². The molecule has 7 nitrogen and oxygen atoms in total. The molecule has 2 aromatic rings. The molecule has 3 atom stereocenters. The van der Waals surface area contributed by atoms with Crippen molar-refractivity contribution in [3.05, 3.63) is 59.7 Å². The van der Waals surface area contributed by atoms with Crippen molar-refractivity contribution in [3.8, 4) is 11.1 Å². The van der Waals surface area contributed by atoms with Gasteiger partial charge in [0, 0.05) is 12.5 Å². The van der Waals surface area contributed by atoms with Gasteiger partial charge in [-0.2, -0.15) is 0 Å². The number of benzene rings is 2. The second-order valence-corrected chi connectivity index (χ2v) is 8.75. The van der Waals surface area contributed by atoms with E-state index in [0.29, 0.717) is 6.42 Å².